The summed E-state index contributed by atoms with van der Waals surface area (Å²) in [5, 5.41) is 5.82. The summed E-state index contributed by atoms with van der Waals surface area (Å²) < 4.78 is 0. The molecule has 4 bridgehead atoms. The first-order chi connectivity index (χ1) is 12.9. The molecule has 1 aromatic rings. The number of Topliss-reactive ketones (excluding diaryl/α,β-unsaturated/α-hetero) is 1. The van der Waals surface area contributed by atoms with Gasteiger partial charge in [-0.15, -0.1) is 0 Å². The zero-order chi connectivity index (χ0) is 19.0. The van der Waals surface area contributed by atoms with Crippen LogP contribution in [0.3, 0.4) is 0 Å². The molecule has 4 saturated carbocycles. The topological polar surface area (TPSA) is 75.3 Å². The van der Waals surface area contributed by atoms with Crippen molar-refractivity contribution in [3.05, 3.63) is 29.8 Å². The maximum atomic E-state index is 12.9. The predicted molar refractivity (Wildman–Crippen MR) is 103 cm³/mol. The number of hydrogen-bond acceptors (Lipinski definition) is 3. The molecule has 4 fully saturated rings. The molecule has 27 heavy (non-hydrogen) atoms. The first kappa shape index (κ1) is 18.2. The molecule has 0 radical (unpaired) electrons. The predicted octanol–water partition coefficient (Wildman–Crippen LogP) is 3.55. The first-order valence-electron chi connectivity index (χ1n) is 10.1. The van der Waals surface area contributed by atoms with Crippen LogP contribution in [0, 0.1) is 23.2 Å². The molecule has 5 nitrogen and oxygen atoms in total. The Kier molecular flexibility index (Phi) is 4.79. The van der Waals surface area contributed by atoms with Gasteiger partial charge in [-0.3, -0.25) is 14.4 Å². The third kappa shape index (κ3) is 3.64. The highest BCUT2D eigenvalue weighted by atomic mass is 16.2. The smallest absolute Gasteiger partial charge is 0.226 e. The van der Waals surface area contributed by atoms with Gasteiger partial charge in [0.05, 0.1) is 5.69 Å². The molecular formula is C22H28N2O3. The van der Waals surface area contributed by atoms with Crippen LogP contribution in [-0.4, -0.2) is 24.1 Å². The molecule has 0 atom stereocenters. The van der Waals surface area contributed by atoms with E-state index in [0.29, 0.717) is 17.8 Å². The van der Waals surface area contributed by atoms with Crippen molar-refractivity contribution in [2.24, 2.45) is 23.2 Å². The number of benzene rings is 1. The van der Waals surface area contributed by atoms with Crippen molar-refractivity contribution in [3.8, 4) is 0 Å². The van der Waals surface area contributed by atoms with Crippen molar-refractivity contribution in [1.82, 2.24) is 5.32 Å². The van der Waals surface area contributed by atoms with Crippen LogP contribution < -0.4 is 10.6 Å². The zero-order valence-corrected chi connectivity index (χ0v) is 15.9. The van der Waals surface area contributed by atoms with Gasteiger partial charge in [0.25, 0.3) is 0 Å². The number of carbonyl (C=O) groups is 3. The summed E-state index contributed by atoms with van der Waals surface area (Å²) in [6, 6.07) is 6.99. The number of hydrogen-bond donors (Lipinski definition) is 2. The SMILES string of the molecule is CC(=O)c1ccccc1NC(=O)CCNC(=O)C12CC3CC(CC(C3)C1)C2. The van der Waals surface area contributed by atoms with E-state index < -0.39 is 0 Å². The summed E-state index contributed by atoms with van der Waals surface area (Å²) in [5.74, 6) is 2.07. The van der Waals surface area contributed by atoms with E-state index in [1.165, 1.54) is 26.2 Å². The molecule has 4 aliphatic carbocycles. The fourth-order valence-corrected chi connectivity index (χ4v) is 5.98. The van der Waals surface area contributed by atoms with Crippen LogP contribution in [0.2, 0.25) is 0 Å². The molecule has 5 rings (SSSR count). The van der Waals surface area contributed by atoms with Crippen LogP contribution >= 0.6 is 0 Å². The summed E-state index contributed by atoms with van der Waals surface area (Å²) in [6.45, 7) is 1.82. The van der Waals surface area contributed by atoms with Crippen LogP contribution in [0.4, 0.5) is 5.69 Å². The van der Waals surface area contributed by atoms with Crippen molar-refractivity contribution >= 4 is 23.3 Å². The Morgan fingerprint density at radius 3 is 2.19 bits per heavy atom. The lowest BCUT2D eigenvalue weighted by atomic mass is 9.49. The molecule has 2 N–H and O–H groups in total. The van der Waals surface area contributed by atoms with Gasteiger partial charge in [-0.05, 0) is 75.3 Å². The largest absolute Gasteiger partial charge is 0.355 e. The molecule has 0 saturated heterocycles. The van der Waals surface area contributed by atoms with E-state index in [2.05, 4.69) is 10.6 Å². The van der Waals surface area contributed by atoms with Gasteiger partial charge in [-0.25, -0.2) is 0 Å². The van der Waals surface area contributed by atoms with Gasteiger partial charge in [0.2, 0.25) is 11.8 Å². The Labute approximate surface area is 160 Å². The third-order valence-corrected chi connectivity index (χ3v) is 6.74. The molecule has 1 aromatic carbocycles. The minimum absolute atomic E-state index is 0.0824. The van der Waals surface area contributed by atoms with E-state index in [4.69, 9.17) is 0 Å². The van der Waals surface area contributed by atoms with Crippen molar-refractivity contribution in [2.75, 3.05) is 11.9 Å². The molecule has 0 spiro atoms. The number of carbonyl (C=O) groups excluding carboxylic acids is 3. The lowest BCUT2D eigenvalue weighted by Gasteiger charge is -2.55. The van der Waals surface area contributed by atoms with Gasteiger partial charge < -0.3 is 10.6 Å². The second-order valence-corrected chi connectivity index (χ2v) is 8.85. The highest BCUT2D eigenvalue weighted by molar-refractivity contribution is 6.03. The molecule has 2 amide bonds. The lowest BCUT2D eigenvalue weighted by molar-refractivity contribution is -0.146. The van der Waals surface area contributed by atoms with Gasteiger partial charge in [-0.1, -0.05) is 12.1 Å². The van der Waals surface area contributed by atoms with Crippen LogP contribution in [-0.2, 0) is 9.59 Å². The second kappa shape index (κ2) is 7.10. The fourth-order valence-electron chi connectivity index (χ4n) is 5.98. The van der Waals surface area contributed by atoms with Gasteiger partial charge in [0, 0.05) is 23.9 Å². The van der Waals surface area contributed by atoms with Gasteiger partial charge in [0.1, 0.15) is 0 Å². The number of amides is 2. The van der Waals surface area contributed by atoms with Crippen LogP contribution in [0.25, 0.3) is 0 Å². The summed E-state index contributed by atoms with van der Waals surface area (Å²) in [5.41, 5.74) is 0.859. The van der Waals surface area contributed by atoms with Crippen molar-refractivity contribution in [1.29, 1.82) is 0 Å². The Hall–Kier alpha value is -2.17. The van der Waals surface area contributed by atoms with E-state index >= 15 is 0 Å². The molecule has 0 aromatic heterocycles. The van der Waals surface area contributed by atoms with Gasteiger partial charge >= 0.3 is 0 Å². The Morgan fingerprint density at radius 2 is 1.59 bits per heavy atom. The van der Waals surface area contributed by atoms with E-state index in [9.17, 15) is 14.4 Å². The maximum Gasteiger partial charge on any atom is 0.226 e. The standard InChI is InChI=1S/C22H28N2O3/c1-14(25)18-4-2-3-5-19(18)24-20(26)6-7-23-21(27)22-11-15-8-16(12-22)10-17(9-15)13-22/h2-5,15-17H,6-13H2,1H3,(H,23,27)(H,24,26). The highest BCUT2D eigenvalue weighted by Gasteiger charge is 2.54. The van der Waals surface area contributed by atoms with Crippen molar-refractivity contribution < 1.29 is 14.4 Å². The minimum atomic E-state index is -0.186. The third-order valence-electron chi connectivity index (χ3n) is 6.74. The second-order valence-electron chi connectivity index (χ2n) is 8.85. The average molecular weight is 368 g/mol. The monoisotopic (exact) mass is 368 g/mol. The Balaban J connectivity index is 1.29. The number of rotatable bonds is 6. The number of ketones is 1. The van der Waals surface area contributed by atoms with Crippen molar-refractivity contribution in [2.45, 2.75) is 51.9 Å². The van der Waals surface area contributed by atoms with Crippen LogP contribution in [0.1, 0.15) is 62.2 Å². The zero-order valence-electron chi connectivity index (χ0n) is 15.9. The fraction of sp³-hybridized carbons (Fsp3) is 0.591. The summed E-state index contributed by atoms with van der Waals surface area (Å²) in [6.07, 6.45) is 7.23. The molecule has 4 aliphatic rings. The molecule has 5 heteroatoms. The first-order valence-corrected chi connectivity index (χ1v) is 10.1. The summed E-state index contributed by atoms with van der Waals surface area (Å²) >= 11 is 0. The normalized spacial score (nSPS) is 30.8. The average Bonchev–Trinajstić information content (AvgIpc) is 2.60. The number of para-hydroxylation sites is 1. The molecule has 144 valence electrons. The molecule has 0 unspecified atom stereocenters. The minimum Gasteiger partial charge on any atom is -0.355 e. The van der Waals surface area contributed by atoms with E-state index in [1.807, 2.05) is 0 Å². The van der Waals surface area contributed by atoms with E-state index in [-0.39, 0.29) is 29.4 Å². The quantitative estimate of drug-likeness (QED) is 0.754. The Morgan fingerprint density at radius 1 is 1.00 bits per heavy atom. The van der Waals surface area contributed by atoms with E-state index in [1.54, 1.807) is 24.3 Å². The molecule has 0 heterocycles. The van der Waals surface area contributed by atoms with Crippen molar-refractivity contribution in [3.63, 3.8) is 0 Å². The summed E-state index contributed by atoms with van der Waals surface area (Å²) in [4.78, 5) is 36.8. The summed E-state index contributed by atoms with van der Waals surface area (Å²) in [7, 11) is 0. The van der Waals surface area contributed by atoms with Crippen LogP contribution in [0.15, 0.2) is 24.3 Å². The lowest BCUT2D eigenvalue weighted by Crippen LogP contribution is -2.53. The Bertz CT molecular complexity index is 735. The van der Waals surface area contributed by atoms with E-state index in [0.717, 1.165) is 37.0 Å². The van der Waals surface area contributed by atoms with Crippen LogP contribution in [0.5, 0.6) is 0 Å². The molecule has 0 aliphatic heterocycles. The maximum absolute atomic E-state index is 12.9. The van der Waals surface area contributed by atoms with Gasteiger partial charge in [0.15, 0.2) is 5.78 Å². The number of anilines is 1. The highest BCUT2D eigenvalue weighted by Crippen LogP contribution is 2.60. The number of nitrogens with one attached hydrogen (secondary N) is 2. The molecular weight excluding hydrogens is 340 g/mol. The van der Waals surface area contributed by atoms with Gasteiger partial charge in [-0.2, -0.15) is 0 Å².